The second kappa shape index (κ2) is 7.24. The fraction of sp³-hybridized carbons (Fsp3) is 0.600. The minimum Gasteiger partial charge on any atom is -0.492 e. The maximum Gasteiger partial charge on any atom is 0.164 e. The molecule has 1 aromatic heterocycles. The van der Waals surface area contributed by atoms with Crippen molar-refractivity contribution >= 4 is 5.78 Å². The Bertz CT molecular complexity index is 414. The third kappa shape index (κ3) is 4.31. The van der Waals surface area contributed by atoms with Crippen LogP contribution >= 0.6 is 0 Å². The van der Waals surface area contributed by atoms with Gasteiger partial charge in [-0.2, -0.15) is 0 Å². The fourth-order valence-electron chi connectivity index (χ4n) is 2.44. The van der Waals surface area contributed by atoms with E-state index in [4.69, 9.17) is 4.74 Å². The van der Waals surface area contributed by atoms with Gasteiger partial charge in [-0.05, 0) is 38.8 Å². The molecule has 0 amide bonds. The molecule has 4 heteroatoms. The number of aromatic nitrogens is 1. The molecule has 1 aliphatic heterocycles. The van der Waals surface area contributed by atoms with Gasteiger partial charge in [-0.25, -0.2) is 0 Å². The highest BCUT2D eigenvalue weighted by molar-refractivity contribution is 5.96. The van der Waals surface area contributed by atoms with Gasteiger partial charge in [0.05, 0.1) is 12.8 Å². The Labute approximate surface area is 114 Å². The van der Waals surface area contributed by atoms with Gasteiger partial charge in [0.2, 0.25) is 0 Å². The molecule has 1 aromatic rings. The highest BCUT2D eigenvalue weighted by atomic mass is 16.5. The lowest BCUT2D eigenvalue weighted by atomic mass is 9.98. The number of Topliss-reactive ketones (excluding diaryl/α,β-unsaturated/α-hetero) is 1. The monoisotopic (exact) mass is 262 g/mol. The van der Waals surface area contributed by atoms with E-state index >= 15 is 0 Å². The van der Waals surface area contributed by atoms with Gasteiger partial charge < -0.3 is 10.1 Å². The lowest BCUT2D eigenvalue weighted by molar-refractivity contribution is 0.0973. The smallest absolute Gasteiger partial charge is 0.164 e. The van der Waals surface area contributed by atoms with Crippen LogP contribution in [-0.2, 0) is 0 Å². The minimum absolute atomic E-state index is 0.154. The van der Waals surface area contributed by atoms with E-state index in [1.165, 1.54) is 19.3 Å². The molecule has 1 N–H and O–H groups in total. The number of nitrogens with zero attached hydrogens (tertiary/aromatic N) is 1. The summed E-state index contributed by atoms with van der Waals surface area (Å²) in [6.45, 7) is 3.59. The van der Waals surface area contributed by atoms with E-state index in [9.17, 15) is 4.79 Å². The van der Waals surface area contributed by atoms with Gasteiger partial charge in [-0.1, -0.05) is 6.42 Å². The van der Waals surface area contributed by atoms with Crippen LogP contribution in [0.4, 0.5) is 0 Å². The molecule has 104 valence electrons. The predicted octanol–water partition coefficient (Wildman–Crippen LogP) is 2.59. The lowest BCUT2D eigenvalue weighted by Gasteiger charge is -2.22. The molecule has 1 fully saturated rings. The van der Waals surface area contributed by atoms with Crippen LogP contribution in [0.1, 0.15) is 49.4 Å². The average molecular weight is 262 g/mol. The highest BCUT2D eigenvalue weighted by Gasteiger charge is 2.15. The zero-order chi connectivity index (χ0) is 13.5. The van der Waals surface area contributed by atoms with Crippen molar-refractivity contribution in [3.8, 4) is 5.75 Å². The Morgan fingerprint density at radius 3 is 3.11 bits per heavy atom. The van der Waals surface area contributed by atoms with Crippen LogP contribution in [0.15, 0.2) is 18.5 Å². The van der Waals surface area contributed by atoms with Crippen LogP contribution in [0.3, 0.4) is 0 Å². The van der Waals surface area contributed by atoms with Crippen molar-refractivity contribution in [2.45, 2.75) is 45.1 Å². The Morgan fingerprint density at radius 1 is 1.47 bits per heavy atom. The predicted molar refractivity (Wildman–Crippen MR) is 74.6 cm³/mol. The first-order valence-corrected chi connectivity index (χ1v) is 7.14. The van der Waals surface area contributed by atoms with Crippen molar-refractivity contribution in [2.24, 2.45) is 0 Å². The lowest BCUT2D eigenvalue weighted by Crippen LogP contribution is -2.34. The van der Waals surface area contributed by atoms with E-state index in [1.807, 2.05) is 6.92 Å². The summed E-state index contributed by atoms with van der Waals surface area (Å²) in [4.78, 5) is 16.2. The summed E-state index contributed by atoms with van der Waals surface area (Å²) < 4.78 is 5.36. The van der Waals surface area contributed by atoms with Gasteiger partial charge in [0.25, 0.3) is 0 Å². The number of ketones is 1. The number of carbonyl (C=O) groups excluding carboxylic acids is 1. The molecule has 0 radical (unpaired) electrons. The molecule has 1 unspecified atom stereocenters. The van der Waals surface area contributed by atoms with E-state index in [0.29, 0.717) is 30.4 Å². The number of carbonyl (C=O) groups is 1. The number of ether oxygens (including phenoxy) is 1. The van der Waals surface area contributed by atoms with Crippen molar-refractivity contribution in [1.82, 2.24) is 10.3 Å². The van der Waals surface area contributed by atoms with Crippen LogP contribution < -0.4 is 10.1 Å². The Morgan fingerprint density at radius 2 is 2.37 bits per heavy atom. The van der Waals surface area contributed by atoms with Crippen LogP contribution in [0.2, 0.25) is 0 Å². The van der Waals surface area contributed by atoms with E-state index < -0.39 is 0 Å². The average Bonchev–Trinajstić information content (AvgIpc) is 2.46. The van der Waals surface area contributed by atoms with Gasteiger partial charge in [0, 0.05) is 24.2 Å². The van der Waals surface area contributed by atoms with Gasteiger partial charge >= 0.3 is 0 Å². The van der Waals surface area contributed by atoms with Gasteiger partial charge in [-0.15, -0.1) is 0 Å². The maximum absolute atomic E-state index is 12.1. The summed E-state index contributed by atoms with van der Waals surface area (Å²) in [6.07, 6.45) is 8.47. The van der Waals surface area contributed by atoms with Crippen LogP contribution in [0.5, 0.6) is 5.75 Å². The molecule has 19 heavy (non-hydrogen) atoms. The number of hydrogen-bond acceptors (Lipinski definition) is 4. The normalized spacial score (nSPS) is 19.1. The molecular formula is C15H22N2O2. The summed E-state index contributed by atoms with van der Waals surface area (Å²) in [5.41, 5.74) is 0.654. The second-order valence-corrected chi connectivity index (χ2v) is 4.95. The molecule has 1 aliphatic rings. The van der Waals surface area contributed by atoms with Crippen molar-refractivity contribution in [2.75, 3.05) is 13.2 Å². The molecule has 1 atom stereocenters. The third-order valence-electron chi connectivity index (χ3n) is 3.48. The molecule has 0 bridgehead atoms. The molecule has 2 heterocycles. The van der Waals surface area contributed by atoms with E-state index in [-0.39, 0.29) is 5.78 Å². The summed E-state index contributed by atoms with van der Waals surface area (Å²) in [7, 11) is 0. The SMILES string of the molecule is CCOc1cncc(C(=O)CCC2CCCCN2)c1. The van der Waals surface area contributed by atoms with Crippen LogP contribution in [-0.4, -0.2) is 30.0 Å². The van der Waals surface area contributed by atoms with Gasteiger partial charge in [0.1, 0.15) is 5.75 Å². The highest BCUT2D eigenvalue weighted by Crippen LogP contribution is 2.16. The van der Waals surface area contributed by atoms with Crippen molar-refractivity contribution in [3.05, 3.63) is 24.0 Å². The van der Waals surface area contributed by atoms with E-state index in [0.717, 1.165) is 13.0 Å². The van der Waals surface area contributed by atoms with E-state index in [1.54, 1.807) is 18.5 Å². The number of hydrogen-bond donors (Lipinski definition) is 1. The van der Waals surface area contributed by atoms with Crippen molar-refractivity contribution in [1.29, 1.82) is 0 Å². The Hall–Kier alpha value is -1.42. The topological polar surface area (TPSA) is 51.2 Å². The maximum atomic E-state index is 12.1. The largest absolute Gasteiger partial charge is 0.492 e. The van der Waals surface area contributed by atoms with Crippen LogP contribution in [0.25, 0.3) is 0 Å². The van der Waals surface area contributed by atoms with Crippen molar-refractivity contribution < 1.29 is 9.53 Å². The van der Waals surface area contributed by atoms with E-state index in [2.05, 4.69) is 10.3 Å². The Kier molecular flexibility index (Phi) is 5.33. The summed E-state index contributed by atoms with van der Waals surface area (Å²) in [5, 5.41) is 3.47. The number of piperidine rings is 1. The van der Waals surface area contributed by atoms with Crippen LogP contribution in [0, 0.1) is 0 Å². The third-order valence-corrected chi connectivity index (χ3v) is 3.48. The number of pyridine rings is 1. The molecule has 4 nitrogen and oxygen atoms in total. The standard InChI is InChI=1S/C15H22N2O2/c1-2-19-14-9-12(10-16-11-14)15(18)7-6-13-5-3-4-8-17-13/h9-11,13,17H,2-8H2,1H3. The zero-order valence-corrected chi connectivity index (χ0v) is 11.5. The quantitative estimate of drug-likeness (QED) is 0.801. The summed E-state index contributed by atoms with van der Waals surface area (Å²) in [6, 6.07) is 2.29. The molecular weight excluding hydrogens is 240 g/mol. The summed E-state index contributed by atoms with van der Waals surface area (Å²) in [5.74, 6) is 0.825. The first kappa shape index (κ1) is 14.0. The molecule has 1 saturated heterocycles. The summed E-state index contributed by atoms with van der Waals surface area (Å²) >= 11 is 0. The number of nitrogens with one attached hydrogen (secondary N) is 1. The molecule has 2 rings (SSSR count). The first-order valence-electron chi connectivity index (χ1n) is 7.14. The van der Waals surface area contributed by atoms with Gasteiger partial charge in [-0.3, -0.25) is 9.78 Å². The zero-order valence-electron chi connectivity index (χ0n) is 11.5. The van der Waals surface area contributed by atoms with Gasteiger partial charge in [0.15, 0.2) is 5.78 Å². The number of rotatable bonds is 6. The molecule has 0 spiro atoms. The Balaban J connectivity index is 1.86. The molecule has 0 saturated carbocycles. The van der Waals surface area contributed by atoms with Crippen molar-refractivity contribution in [3.63, 3.8) is 0 Å². The second-order valence-electron chi connectivity index (χ2n) is 4.95. The molecule has 0 aromatic carbocycles. The molecule has 0 aliphatic carbocycles. The first-order chi connectivity index (χ1) is 9.29. The fourth-order valence-corrected chi connectivity index (χ4v) is 2.44. The minimum atomic E-state index is 0.154.